The minimum absolute atomic E-state index is 0.0279. The maximum Gasteiger partial charge on any atom is 0.222 e. The average Bonchev–Trinajstić information content (AvgIpc) is 2.92. The van der Waals surface area contributed by atoms with Gasteiger partial charge in [-0.15, -0.1) is 10.2 Å². The van der Waals surface area contributed by atoms with Gasteiger partial charge in [0.1, 0.15) is 0 Å². The molecule has 0 aliphatic rings. The summed E-state index contributed by atoms with van der Waals surface area (Å²) in [5, 5.41) is 12.4. The predicted molar refractivity (Wildman–Crippen MR) is 95.3 cm³/mol. The molecule has 0 saturated carbocycles. The van der Waals surface area contributed by atoms with Crippen molar-refractivity contribution in [1.82, 2.24) is 25.1 Å². The van der Waals surface area contributed by atoms with E-state index in [-0.39, 0.29) is 11.8 Å². The predicted octanol–water partition coefficient (Wildman–Crippen LogP) is 2.89. The van der Waals surface area contributed by atoms with Gasteiger partial charge >= 0.3 is 0 Å². The molecule has 6 nitrogen and oxygen atoms in total. The van der Waals surface area contributed by atoms with Crippen LogP contribution < -0.4 is 5.32 Å². The molecular formula is C17H25N5OS. The van der Waals surface area contributed by atoms with Gasteiger partial charge in [0.15, 0.2) is 11.0 Å². The Labute approximate surface area is 147 Å². The molecule has 0 unspecified atom stereocenters. The minimum Gasteiger partial charge on any atom is -0.349 e. The monoisotopic (exact) mass is 347 g/mol. The molecule has 2 aromatic heterocycles. The maximum absolute atomic E-state index is 11.8. The van der Waals surface area contributed by atoms with Crippen molar-refractivity contribution in [2.24, 2.45) is 11.8 Å². The van der Waals surface area contributed by atoms with E-state index in [0.717, 1.165) is 23.3 Å². The Balaban J connectivity index is 2.08. The normalized spacial score (nSPS) is 11.2. The first kappa shape index (κ1) is 18.4. The topological polar surface area (TPSA) is 72.7 Å². The van der Waals surface area contributed by atoms with Gasteiger partial charge < -0.3 is 9.88 Å². The summed E-state index contributed by atoms with van der Waals surface area (Å²) in [6.07, 6.45) is 3.59. The molecule has 0 saturated heterocycles. The lowest BCUT2D eigenvalue weighted by molar-refractivity contribution is -0.124. The molecule has 0 aliphatic carbocycles. The van der Waals surface area contributed by atoms with Gasteiger partial charge in [-0.2, -0.15) is 0 Å². The first-order chi connectivity index (χ1) is 11.5. The second-order valence-electron chi connectivity index (χ2n) is 6.42. The molecule has 0 atom stereocenters. The Kier molecular flexibility index (Phi) is 6.78. The number of hydrogen-bond acceptors (Lipinski definition) is 5. The SMILES string of the molecule is CC(C)Cn1c(CNC(=O)C(C)C)nnc1SCc1ccncc1. The van der Waals surface area contributed by atoms with E-state index in [9.17, 15) is 4.79 Å². The fraction of sp³-hybridized carbons (Fsp3) is 0.529. The lowest BCUT2D eigenvalue weighted by atomic mass is 10.2. The standard InChI is InChI=1S/C17H25N5OS/c1-12(2)10-22-15(9-19-16(23)13(3)4)20-21-17(22)24-11-14-5-7-18-8-6-14/h5-8,12-13H,9-11H2,1-4H3,(H,19,23). The van der Waals surface area contributed by atoms with Crippen LogP contribution in [0.5, 0.6) is 0 Å². The number of nitrogens with one attached hydrogen (secondary N) is 1. The number of thioether (sulfide) groups is 1. The minimum atomic E-state index is -0.0352. The van der Waals surface area contributed by atoms with Gasteiger partial charge in [-0.05, 0) is 23.6 Å². The molecule has 0 fully saturated rings. The van der Waals surface area contributed by atoms with E-state index < -0.39 is 0 Å². The number of amides is 1. The van der Waals surface area contributed by atoms with E-state index in [2.05, 4.69) is 38.9 Å². The summed E-state index contributed by atoms with van der Waals surface area (Å²) < 4.78 is 2.11. The van der Waals surface area contributed by atoms with Crippen molar-refractivity contribution in [3.8, 4) is 0 Å². The third kappa shape index (κ3) is 5.33. The van der Waals surface area contributed by atoms with Crippen LogP contribution in [-0.4, -0.2) is 25.7 Å². The zero-order chi connectivity index (χ0) is 17.5. The Morgan fingerprint density at radius 3 is 2.54 bits per heavy atom. The summed E-state index contributed by atoms with van der Waals surface area (Å²) in [5.41, 5.74) is 1.20. The first-order valence-electron chi connectivity index (χ1n) is 8.18. The summed E-state index contributed by atoms with van der Waals surface area (Å²) in [6.45, 7) is 9.32. The lowest BCUT2D eigenvalue weighted by Gasteiger charge is -2.13. The highest BCUT2D eigenvalue weighted by molar-refractivity contribution is 7.98. The van der Waals surface area contributed by atoms with Crippen molar-refractivity contribution in [3.63, 3.8) is 0 Å². The summed E-state index contributed by atoms with van der Waals surface area (Å²) in [5.74, 6) is 2.08. The maximum atomic E-state index is 11.8. The van der Waals surface area contributed by atoms with Crippen LogP contribution in [0.4, 0.5) is 0 Å². The summed E-state index contributed by atoms with van der Waals surface area (Å²) in [6, 6.07) is 4.00. The molecule has 0 aliphatic heterocycles. The van der Waals surface area contributed by atoms with E-state index in [0.29, 0.717) is 12.5 Å². The molecule has 130 valence electrons. The molecule has 2 rings (SSSR count). The number of carbonyl (C=O) groups is 1. The Hall–Kier alpha value is -1.89. The van der Waals surface area contributed by atoms with Crippen LogP contribution in [0.1, 0.15) is 39.1 Å². The van der Waals surface area contributed by atoms with Crippen molar-refractivity contribution < 1.29 is 4.79 Å². The Morgan fingerprint density at radius 1 is 1.21 bits per heavy atom. The summed E-state index contributed by atoms with van der Waals surface area (Å²) >= 11 is 1.65. The van der Waals surface area contributed by atoms with Gasteiger partial charge in [0.25, 0.3) is 0 Å². The van der Waals surface area contributed by atoms with Gasteiger partial charge in [-0.25, -0.2) is 0 Å². The van der Waals surface area contributed by atoms with Crippen molar-refractivity contribution >= 4 is 17.7 Å². The second kappa shape index (κ2) is 8.82. The van der Waals surface area contributed by atoms with Crippen LogP contribution in [0.25, 0.3) is 0 Å². The van der Waals surface area contributed by atoms with Crippen LogP contribution in [0.15, 0.2) is 29.7 Å². The number of carbonyl (C=O) groups excluding carboxylic acids is 1. The number of hydrogen-bond donors (Lipinski definition) is 1. The fourth-order valence-corrected chi connectivity index (χ4v) is 3.02. The molecule has 2 heterocycles. The average molecular weight is 347 g/mol. The van der Waals surface area contributed by atoms with Crippen LogP contribution in [-0.2, 0) is 23.6 Å². The molecule has 7 heteroatoms. The molecule has 0 bridgehead atoms. The quantitative estimate of drug-likeness (QED) is 0.743. The largest absolute Gasteiger partial charge is 0.349 e. The lowest BCUT2D eigenvalue weighted by Crippen LogP contribution is -2.28. The van der Waals surface area contributed by atoms with Gasteiger partial charge in [0, 0.05) is 30.6 Å². The van der Waals surface area contributed by atoms with Crippen molar-refractivity contribution in [1.29, 1.82) is 0 Å². The highest BCUT2D eigenvalue weighted by Gasteiger charge is 2.15. The first-order valence-corrected chi connectivity index (χ1v) is 9.17. The van der Waals surface area contributed by atoms with Crippen LogP contribution in [0.3, 0.4) is 0 Å². The molecule has 0 spiro atoms. The Bertz CT molecular complexity index is 654. The van der Waals surface area contributed by atoms with Crippen LogP contribution >= 0.6 is 11.8 Å². The molecule has 2 aromatic rings. The molecule has 24 heavy (non-hydrogen) atoms. The number of nitrogens with zero attached hydrogens (tertiary/aromatic N) is 4. The summed E-state index contributed by atoms with van der Waals surface area (Å²) in [4.78, 5) is 15.8. The van der Waals surface area contributed by atoms with E-state index >= 15 is 0 Å². The van der Waals surface area contributed by atoms with Crippen LogP contribution in [0, 0.1) is 11.8 Å². The fourth-order valence-electron chi connectivity index (χ4n) is 2.10. The summed E-state index contributed by atoms with van der Waals surface area (Å²) in [7, 11) is 0. The zero-order valence-electron chi connectivity index (χ0n) is 14.7. The van der Waals surface area contributed by atoms with Crippen molar-refractivity contribution in [2.75, 3.05) is 0 Å². The third-order valence-corrected chi connectivity index (χ3v) is 4.44. The third-order valence-electron chi connectivity index (χ3n) is 3.40. The van der Waals surface area contributed by atoms with E-state index in [1.807, 2.05) is 26.0 Å². The highest BCUT2D eigenvalue weighted by Crippen LogP contribution is 2.22. The molecule has 1 amide bonds. The van der Waals surface area contributed by atoms with E-state index in [4.69, 9.17) is 0 Å². The van der Waals surface area contributed by atoms with Crippen molar-refractivity contribution in [2.45, 2.75) is 51.7 Å². The number of pyridine rings is 1. The second-order valence-corrected chi connectivity index (χ2v) is 7.36. The van der Waals surface area contributed by atoms with Gasteiger partial charge in [-0.1, -0.05) is 39.5 Å². The zero-order valence-corrected chi connectivity index (χ0v) is 15.5. The number of aromatic nitrogens is 4. The number of rotatable bonds is 8. The van der Waals surface area contributed by atoms with Gasteiger partial charge in [-0.3, -0.25) is 9.78 Å². The van der Waals surface area contributed by atoms with Crippen molar-refractivity contribution in [3.05, 3.63) is 35.9 Å². The van der Waals surface area contributed by atoms with Crippen LogP contribution in [0.2, 0.25) is 0 Å². The van der Waals surface area contributed by atoms with Gasteiger partial charge in [0.2, 0.25) is 5.91 Å². The molecule has 1 N–H and O–H groups in total. The smallest absolute Gasteiger partial charge is 0.222 e. The molecule has 0 radical (unpaired) electrons. The molecule has 0 aromatic carbocycles. The Morgan fingerprint density at radius 2 is 1.92 bits per heavy atom. The molecular weight excluding hydrogens is 322 g/mol. The van der Waals surface area contributed by atoms with E-state index in [1.54, 1.807) is 24.2 Å². The highest BCUT2D eigenvalue weighted by atomic mass is 32.2. The van der Waals surface area contributed by atoms with Gasteiger partial charge in [0.05, 0.1) is 6.54 Å². The van der Waals surface area contributed by atoms with E-state index in [1.165, 1.54) is 5.56 Å².